The van der Waals surface area contributed by atoms with Crippen molar-refractivity contribution in [1.82, 2.24) is 15.1 Å². The van der Waals surface area contributed by atoms with Gasteiger partial charge in [0.25, 0.3) is 0 Å². The predicted molar refractivity (Wildman–Crippen MR) is 88.4 cm³/mol. The van der Waals surface area contributed by atoms with E-state index in [1.807, 2.05) is 23.0 Å². The summed E-state index contributed by atoms with van der Waals surface area (Å²) in [5.74, 6) is 2.59. The fourth-order valence-electron chi connectivity index (χ4n) is 2.97. The molecule has 2 heterocycles. The smallest absolute Gasteiger partial charge is 0.124 e. The number of nitrogens with zero attached hydrogens (tertiary/aromatic N) is 2. The molecule has 1 aliphatic rings. The summed E-state index contributed by atoms with van der Waals surface area (Å²) in [6, 6.07) is 8.60. The maximum atomic E-state index is 5.48. The molecule has 5 heteroatoms. The van der Waals surface area contributed by atoms with Crippen molar-refractivity contribution in [3.05, 3.63) is 41.6 Å². The molecule has 2 N–H and O–H groups in total. The molecule has 2 aromatic rings. The minimum Gasteiger partial charge on any atom is -0.496 e. The third-order valence-electron chi connectivity index (χ3n) is 4.28. The van der Waals surface area contributed by atoms with E-state index in [0.29, 0.717) is 5.92 Å². The zero-order chi connectivity index (χ0) is 15.5. The second kappa shape index (κ2) is 6.40. The highest BCUT2D eigenvalue weighted by atomic mass is 16.5. The molecule has 22 heavy (non-hydrogen) atoms. The molecule has 1 aromatic heterocycles. The summed E-state index contributed by atoms with van der Waals surface area (Å²) in [6.45, 7) is 7.19. The van der Waals surface area contributed by atoms with Crippen LogP contribution in [0.4, 0.5) is 5.82 Å². The molecular weight excluding hydrogens is 276 g/mol. The maximum absolute atomic E-state index is 5.48. The molecule has 0 spiro atoms. The van der Waals surface area contributed by atoms with Crippen LogP contribution in [0.15, 0.2) is 30.5 Å². The van der Waals surface area contributed by atoms with Crippen LogP contribution in [0.2, 0.25) is 0 Å². The van der Waals surface area contributed by atoms with Crippen LogP contribution in [-0.4, -0.2) is 30.0 Å². The Morgan fingerprint density at radius 3 is 3.14 bits per heavy atom. The number of fused-ring (bicyclic) bond motifs is 1. The number of methoxy groups -OCH3 is 1. The van der Waals surface area contributed by atoms with E-state index in [1.54, 1.807) is 7.11 Å². The zero-order valence-corrected chi connectivity index (χ0v) is 13.5. The van der Waals surface area contributed by atoms with Gasteiger partial charge in [-0.1, -0.05) is 17.7 Å². The monoisotopic (exact) mass is 300 g/mol. The van der Waals surface area contributed by atoms with Crippen LogP contribution in [0, 0.1) is 12.8 Å². The molecule has 0 unspecified atom stereocenters. The van der Waals surface area contributed by atoms with Gasteiger partial charge in [0.05, 0.1) is 13.3 Å². The van der Waals surface area contributed by atoms with Gasteiger partial charge in [-0.25, -0.2) is 4.68 Å². The van der Waals surface area contributed by atoms with E-state index in [2.05, 4.69) is 41.7 Å². The number of hydrogen-bond acceptors (Lipinski definition) is 4. The molecule has 0 saturated heterocycles. The number of aromatic nitrogens is 2. The molecule has 0 amide bonds. The molecule has 3 rings (SSSR count). The molecular formula is C17H24N4O. The zero-order valence-electron chi connectivity index (χ0n) is 13.5. The van der Waals surface area contributed by atoms with E-state index in [9.17, 15) is 0 Å². The highest BCUT2D eigenvalue weighted by Gasteiger charge is 2.19. The Kier molecular flexibility index (Phi) is 4.34. The van der Waals surface area contributed by atoms with Crippen molar-refractivity contribution < 1.29 is 4.74 Å². The van der Waals surface area contributed by atoms with E-state index in [-0.39, 0.29) is 6.04 Å². The summed E-state index contributed by atoms with van der Waals surface area (Å²) < 4.78 is 7.52. The Balaban J connectivity index is 1.61. The lowest BCUT2D eigenvalue weighted by Gasteiger charge is -2.27. The van der Waals surface area contributed by atoms with Gasteiger partial charge in [0.2, 0.25) is 0 Å². The summed E-state index contributed by atoms with van der Waals surface area (Å²) in [7, 11) is 1.73. The molecule has 2 atom stereocenters. The van der Waals surface area contributed by atoms with Crippen molar-refractivity contribution in [1.29, 1.82) is 0 Å². The topological polar surface area (TPSA) is 51.1 Å². The van der Waals surface area contributed by atoms with Crippen LogP contribution in [0.1, 0.15) is 24.1 Å². The van der Waals surface area contributed by atoms with Crippen molar-refractivity contribution in [2.24, 2.45) is 5.92 Å². The maximum Gasteiger partial charge on any atom is 0.124 e. The van der Waals surface area contributed by atoms with Crippen molar-refractivity contribution >= 4 is 5.82 Å². The lowest BCUT2D eigenvalue weighted by Crippen LogP contribution is -2.36. The SMILES string of the molecule is COc1ccc(C)cc1[C@@H](C)NC[C@H]1CNc2ccnn2C1. The van der Waals surface area contributed by atoms with Crippen LogP contribution in [0.5, 0.6) is 5.75 Å². The number of anilines is 1. The van der Waals surface area contributed by atoms with Gasteiger partial charge < -0.3 is 15.4 Å². The largest absolute Gasteiger partial charge is 0.496 e. The van der Waals surface area contributed by atoms with E-state index >= 15 is 0 Å². The Hall–Kier alpha value is -2.01. The first kappa shape index (κ1) is 14.9. The van der Waals surface area contributed by atoms with Gasteiger partial charge in [-0.15, -0.1) is 0 Å². The number of aryl methyl sites for hydroxylation is 1. The van der Waals surface area contributed by atoms with Gasteiger partial charge in [0, 0.05) is 43.2 Å². The molecule has 0 aliphatic carbocycles. The van der Waals surface area contributed by atoms with Crippen molar-refractivity contribution in [3.8, 4) is 5.75 Å². The number of rotatable bonds is 5. The van der Waals surface area contributed by atoms with Gasteiger partial charge in [0.1, 0.15) is 11.6 Å². The standard InChI is InChI=1S/C17H24N4O/c1-12-4-5-16(22-3)15(8-12)13(2)18-9-14-10-19-17-6-7-20-21(17)11-14/h4-8,13-14,18-19H,9-11H2,1-3H3/t13-,14+/m1/s1. The summed E-state index contributed by atoms with van der Waals surface area (Å²) in [5.41, 5.74) is 2.47. The molecule has 0 bridgehead atoms. The van der Waals surface area contributed by atoms with E-state index in [1.165, 1.54) is 11.1 Å². The van der Waals surface area contributed by atoms with Crippen molar-refractivity contribution in [2.45, 2.75) is 26.4 Å². The second-order valence-electron chi connectivity index (χ2n) is 6.02. The third kappa shape index (κ3) is 3.09. The highest BCUT2D eigenvalue weighted by molar-refractivity contribution is 5.39. The molecule has 0 fully saturated rings. The van der Waals surface area contributed by atoms with Gasteiger partial charge in [-0.05, 0) is 19.9 Å². The van der Waals surface area contributed by atoms with Crippen LogP contribution in [0.3, 0.4) is 0 Å². The fraction of sp³-hybridized carbons (Fsp3) is 0.471. The van der Waals surface area contributed by atoms with Gasteiger partial charge >= 0.3 is 0 Å². The first-order valence-corrected chi connectivity index (χ1v) is 7.81. The number of hydrogen-bond donors (Lipinski definition) is 2. The fourth-order valence-corrected chi connectivity index (χ4v) is 2.97. The first-order chi connectivity index (χ1) is 10.7. The average molecular weight is 300 g/mol. The Bertz CT molecular complexity index is 637. The van der Waals surface area contributed by atoms with E-state index in [0.717, 1.165) is 31.2 Å². The van der Waals surface area contributed by atoms with E-state index in [4.69, 9.17) is 4.74 Å². The molecule has 0 radical (unpaired) electrons. The normalized spacial score (nSPS) is 18.4. The van der Waals surface area contributed by atoms with Crippen molar-refractivity contribution in [3.63, 3.8) is 0 Å². The lowest BCUT2D eigenvalue weighted by molar-refractivity contribution is 0.367. The molecule has 0 saturated carbocycles. The quantitative estimate of drug-likeness (QED) is 0.891. The lowest BCUT2D eigenvalue weighted by atomic mass is 10.0. The number of ether oxygens (including phenoxy) is 1. The average Bonchev–Trinajstić information content (AvgIpc) is 3.00. The summed E-state index contributed by atoms with van der Waals surface area (Å²) in [4.78, 5) is 0. The highest BCUT2D eigenvalue weighted by Crippen LogP contribution is 2.26. The number of benzene rings is 1. The molecule has 1 aromatic carbocycles. The molecule has 5 nitrogen and oxygen atoms in total. The predicted octanol–water partition coefficient (Wildman–Crippen LogP) is 2.59. The summed E-state index contributed by atoms with van der Waals surface area (Å²) >= 11 is 0. The summed E-state index contributed by atoms with van der Waals surface area (Å²) in [5, 5.41) is 11.4. The Labute approximate surface area is 131 Å². The first-order valence-electron chi connectivity index (χ1n) is 7.81. The van der Waals surface area contributed by atoms with Crippen LogP contribution in [0.25, 0.3) is 0 Å². The van der Waals surface area contributed by atoms with Crippen LogP contribution in [-0.2, 0) is 6.54 Å². The Morgan fingerprint density at radius 2 is 2.32 bits per heavy atom. The van der Waals surface area contributed by atoms with Gasteiger partial charge in [0.15, 0.2) is 0 Å². The minimum atomic E-state index is 0.258. The van der Waals surface area contributed by atoms with Gasteiger partial charge in [-0.2, -0.15) is 5.10 Å². The summed E-state index contributed by atoms with van der Waals surface area (Å²) in [6.07, 6.45) is 1.85. The second-order valence-corrected chi connectivity index (χ2v) is 6.02. The third-order valence-corrected chi connectivity index (χ3v) is 4.28. The van der Waals surface area contributed by atoms with Gasteiger partial charge in [-0.3, -0.25) is 0 Å². The molecule has 1 aliphatic heterocycles. The Morgan fingerprint density at radius 1 is 1.45 bits per heavy atom. The molecule has 118 valence electrons. The van der Waals surface area contributed by atoms with Crippen LogP contribution < -0.4 is 15.4 Å². The van der Waals surface area contributed by atoms with Crippen molar-refractivity contribution in [2.75, 3.05) is 25.5 Å². The number of nitrogens with one attached hydrogen (secondary N) is 2. The minimum absolute atomic E-state index is 0.258. The van der Waals surface area contributed by atoms with E-state index < -0.39 is 0 Å². The van der Waals surface area contributed by atoms with Crippen LogP contribution >= 0.6 is 0 Å².